The molecule has 0 unspecified atom stereocenters. The lowest BCUT2D eigenvalue weighted by molar-refractivity contribution is 0.675. The predicted octanol–water partition coefficient (Wildman–Crippen LogP) is 3.66. The monoisotopic (exact) mass is 217 g/mol. The highest BCUT2D eigenvalue weighted by Crippen LogP contribution is 2.28. The Morgan fingerprint density at radius 2 is 2.12 bits per heavy atom. The molecular formula is C14H21N2. The Morgan fingerprint density at radius 1 is 1.25 bits per heavy atom. The first-order valence-corrected chi connectivity index (χ1v) is 6.34. The van der Waals surface area contributed by atoms with Crippen molar-refractivity contribution in [3.63, 3.8) is 0 Å². The zero-order chi connectivity index (χ0) is 11.2. The Kier molecular flexibility index (Phi) is 4.09. The third-order valence-electron chi connectivity index (χ3n) is 3.08. The van der Waals surface area contributed by atoms with Crippen LogP contribution in [-0.4, -0.2) is 13.1 Å². The van der Waals surface area contributed by atoms with Crippen molar-refractivity contribution < 1.29 is 0 Å². The molecule has 16 heavy (non-hydrogen) atoms. The highest BCUT2D eigenvalue weighted by Gasteiger charge is 2.13. The van der Waals surface area contributed by atoms with Gasteiger partial charge in [0.2, 0.25) is 0 Å². The van der Waals surface area contributed by atoms with Crippen LogP contribution in [-0.2, 0) is 0 Å². The van der Waals surface area contributed by atoms with Crippen LogP contribution < -0.4 is 10.2 Å². The number of hydrogen-bond donors (Lipinski definition) is 1. The first-order chi connectivity index (χ1) is 7.92. The fraction of sp³-hybridized carbons (Fsp3) is 0.500. The number of nitrogens with one attached hydrogen (secondary N) is 1. The lowest BCUT2D eigenvalue weighted by Crippen LogP contribution is -2.24. The fourth-order valence-electron chi connectivity index (χ4n) is 2.18. The molecule has 0 atom stereocenters. The van der Waals surface area contributed by atoms with Gasteiger partial charge < -0.3 is 10.2 Å². The molecule has 1 heterocycles. The Hall–Kier alpha value is -1.18. The van der Waals surface area contributed by atoms with Crippen LogP contribution in [0.4, 0.5) is 11.4 Å². The van der Waals surface area contributed by atoms with Gasteiger partial charge in [0, 0.05) is 19.6 Å². The van der Waals surface area contributed by atoms with Crippen LogP contribution in [0.15, 0.2) is 24.3 Å². The van der Waals surface area contributed by atoms with E-state index in [0.717, 1.165) is 13.0 Å². The van der Waals surface area contributed by atoms with E-state index in [9.17, 15) is 0 Å². The third kappa shape index (κ3) is 2.69. The first kappa shape index (κ1) is 11.3. The lowest BCUT2D eigenvalue weighted by atomic mass is 10.2. The summed E-state index contributed by atoms with van der Waals surface area (Å²) < 4.78 is 0. The molecule has 0 aromatic heterocycles. The molecule has 0 aliphatic carbocycles. The van der Waals surface area contributed by atoms with Crippen LogP contribution in [0.25, 0.3) is 0 Å². The van der Waals surface area contributed by atoms with Crippen molar-refractivity contribution in [3.05, 3.63) is 30.8 Å². The van der Waals surface area contributed by atoms with Gasteiger partial charge in [-0.05, 0) is 25.0 Å². The molecule has 0 saturated heterocycles. The van der Waals surface area contributed by atoms with Crippen LogP contribution in [0.3, 0.4) is 0 Å². The second kappa shape index (κ2) is 5.78. The quantitative estimate of drug-likeness (QED) is 0.774. The van der Waals surface area contributed by atoms with Gasteiger partial charge in [-0.2, -0.15) is 0 Å². The van der Waals surface area contributed by atoms with Gasteiger partial charge in [-0.15, -0.1) is 0 Å². The number of nitrogens with zero attached hydrogens (tertiary/aromatic N) is 1. The van der Waals surface area contributed by atoms with Gasteiger partial charge in [0.05, 0.1) is 11.4 Å². The summed E-state index contributed by atoms with van der Waals surface area (Å²) in [4.78, 5) is 2.50. The van der Waals surface area contributed by atoms with Gasteiger partial charge in [-0.1, -0.05) is 31.9 Å². The van der Waals surface area contributed by atoms with Gasteiger partial charge >= 0.3 is 0 Å². The van der Waals surface area contributed by atoms with E-state index in [1.54, 1.807) is 0 Å². The molecule has 1 N–H and O–H groups in total. The molecule has 0 spiro atoms. The summed E-state index contributed by atoms with van der Waals surface area (Å²) in [6.07, 6.45) is 5.03. The smallest absolute Gasteiger partial charge is 0.0602 e. The number of para-hydroxylation sites is 2. The maximum atomic E-state index is 3.38. The number of anilines is 2. The van der Waals surface area contributed by atoms with E-state index < -0.39 is 0 Å². The molecule has 1 aromatic carbocycles. The molecule has 87 valence electrons. The first-order valence-electron chi connectivity index (χ1n) is 6.34. The SMILES string of the molecule is CCCCCN1CC[CH]Nc2ccccc21. The zero-order valence-electron chi connectivity index (χ0n) is 10.1. The molecule has 1 aliphatic rings. The van der Waals surface area contributed by atoms with E-state index in [-0.39, 0.29) is 0 Å². The molecule has 2 rings (SSSR count). The minimum Gasteiger partial charge on any atom is -0.379 e. The highest BCUT2D eigenvalue weighted by molar-refractivity contribution is 5.71. The third-order valence-corrected chi connectivity index (χ3v) is 3.08. The van der Waals surface area contributed by atoms with E-state index in [1.807, 2.05) is 0 Å². The van der Waals surface area contributed by atoms with Crippen LogP contribution in [0.5, 0.6) is 0 Å². The minimum atomic E-state index is 1.11. The van der Waals surface area contributed by atoms with Gasteiger partial charge in [-0.25, -0.2) is 0 Å². The maximum absolute atomic E-state index is 3.38. The van der Waals surface area contributed by atoms with Gasteiger partial charge in [0.1, 0.15) is 0 Å². The molecule has 2 heteroatoms. The topological polar surface area (TPSA) is 15.3 Å². The van der Waals surface area contributed by atoms with Crippen molar-refractivity contribution in [2.75, 3.05) is 23.3 Å². The Morgan fingerprint density at radius 3 is 3.00 bits per heavy atom. The van der Waals surface area contributed by atoms with Crippen molar-refractivity contribution in [2.45, 2.75) is 32.6 Å². The highest BCUT2D eigenvalue weighted by atomic mass is 15.2. The summed E-state index contributed by atoms with van der Waals surface area (Å²) in [6.45, 7) is 6.73. The lowest BCUT2D eigenvalue weighted by Gasteiger charge is -2.24. The molecule has 1 aromatic rings. The molecule has 1 aliphatic heterocycles. The van der Waals surface area contributed by atoms with E-state index in [4.69, 9.17) is 0 Å². The summed E-state index contributed by atoms with van der Waals surface area (Å²) in [5.74, 6) is 0. The number of fused-ring (bicyclic) bond motifs is 1. The van der Waals surface area contributed by atoms with Crippen LogP contribution >= 0.6 is 0 Å². The average Bonchev–Trinajstić information content (AvgIpc) is 2.52. The molecule has 0 bridgehead atoms. The molecular weight excluding hydrogens is 196 g/mol. The van der Waals surface area contributed by atoms with Gasteiger partial charge in [0.25, 0.3) is 0 Å². The molecule has 0 fully saturated rings. The molecule has 1 radical (unpaired) electrons. The van der Waals surface area contributed by atoms with Gasteiger partial charge in [-0.3, -0.25) is 0 Å². The van der Waals surface area contributed by atoms with E-state index in [0.29, 0.717) is 0 Å². The van der Waals surface area contributed by atoms with Gasteiger partial charge in [0.15, 0.2) is 0 Å². The second-order valence-electron chi connectivity index (χ2n) is 4.35. The van der Waals surface area contributed by atoms with Crippen molar-refractivity contribution in [1.29, 1.82) is 0 Å². The normalized spacial score (nSPS) is 15.2. The van der Waals surface area contributed by atoms with Crippen molar-refractivity contribution >= 4 is 11.4 Å². The summed E-state index contributed by atoms with van der Waals surface area (Å²) in [7, 11) is 0. The van der Waals surface area contributed by atoms with E-state index in [1.165, 1.54) is 37.2 Å². The minimum absolute atomic E-state index is 1.11. The van der Waals surface area contributed by atoms with E-state index in [2.05, 4.69) is 48.0 Å². The summed E-state index contributed by atoms with van der Waals surface area (Å²) in [5.41, 5.74) is 2.60. The Balaban J connectivity index is 2.06. The number of benzene rings is 1. The molecule has 2 nitrogen and oxygen atoms in total. The Labute approximate surface area is 98.7 Å². The van der Waals surface area contributed by atoms with Crippen LogP contribution in [0, 0.1) is 6.54 Å². The average molecular weight is 217 g/mol. The van der Waals surface area contributed by atoms with Crippen LogP contribution in [0.2, 0.25) is 0 Å². The standard InChI is InChI=1S/C14H21N2/c1-2-3-6-11-16-12-7-10-15-13-8-4-5-9-14(13)16/h4-5,8-10,15H,2-3,6-7,11-12H2,1H3. The number of hydrogen-bond acceptors (Lipinski definition) is 2. The largest absolute Gasteiger partial charge is 0.379 e. The number of rotatable bonds is 4. The molecule has 0 saturated carbocycles. The van der Waals surface area contributed by atoms with Crippen molar-refractivity contribution in [3.8, 4) is 0 Å². The van der Waals surface area contributed by atoms with Crippen molar-refractivity contribution in [1.82, 2.24) is 0 Å². The van der Waals surface area contributed by atoms with Crippen LogP contribution in [0.1, 0.15) is 32.6 Å². The molecule has 0 amide bonds. The summed E-state index contributed by atoms with van der Waals surface area (Å²) >= 11 is 0. The maximum Gasteiger partial charge on any atom is 0.0602 e. The predicted molar refractivity (Wildman–Crippen MR) is 70.7 cm³/mol. The summed E-state index contributed by atoms with van der Waals surface area (Å²) in [5, 5.41) is 3.38. The van der Waals surface area contributed by atoms with E-state index >= 15 is 0 Å². The fourth-order valence-corrected chi connectivity index (χ4v) is 2.18. The number of unbranched alkanes of at least 4 members (excludes halogenated alkanes) is 2. The Bertz CT molecular complexity index is 322. The summed E-state index contributed by atoms with van der Waals surface area (Å²) in [6, 6.07) is 8.59. The van der Waals surface area contributed by atoms with Crippen molar-refractivity contribution in [2.24, 2.45) is 0 Å². The second-order valence-corrected chi connectivity index (χ2v) is 4.35. The zero-order valence-corrected chi connectivity index (χ0v) is 10.1.